The highest BCUT2D eigenvalue weighted by atomic mass is 15.4. The lowest BCUT2D eigenvalue weighted by molar-refractivity contribution is 0.207. The van der Waals surface area contributed by atoms with Crippen molar-refractivity contribution in [2.75, 3.05) is 7.05 Å². The van der Waals surface area contributed by atoms with Gasteiger partial charge in [-0.3, -0.25) is 5.73 Å². The molecule has 0 fully saturated rings. The standard InChI is InChI=1S/C5H11N3/c1-5(6)7-3-4-8(5)2/h3-4,7H,6H2,1-2H3. The summed E-state index contributed by atoms with van der Waals surface area (Å²) in [6.07, 6.45) is 3.74. The number of nitrogens with one attached hydrogen (secondary N) is 1. The summed E-state index contributed by atoms with van der Waals surface area (Å²) in [6, 6.07) is 0. The van der Waals surface area contributed by atoms with Crippen LogP contribution in [0.25, 0.3) is 0 Å². The van der Waals surface area contributed by atoms with E-state index >= 15 is 0 Å². The maximum absolute atomic E-state index is 5.67. The van der Waals surface area contributed by atoms with E-state index in [2.05, 4.69) is 5.32 Å². The highest BCUT2D eigenvalue weighted by Crippen LogP contribution is 2.06. The molecule has 1 unspecified atom stereocenters. The number of nitrogens with zero attached hydrogens (tertiary/aromatic N) is 1. The largest absolute Gasteiger partial charge is 0.356 e. The fourth-order valence-corrected chi connectivity index (χ4v) is 0.574. The molecule has 1 aliphatic heterocycles. The molecule has 1 atom stereocenters. The Balaban J connectivity index is 2.64. The van der Waals surface area contributed by atoms with Crippen molar-refractivity contribution >= 4 is 0 Å². The highest BCUT2D eigenvalue weighted by Gasteiger charge is 2.22. The summed E-state index contributed by atoms with van der Waals surface area (Å²) < 4.78 is 0. The second-order valence-electron chi connectivity index (χ2n) is 2.22. The summed E-state index contributed by atoms with van der Waals surface area (Å²) in [5.41, 5.74) is 5.67. The number of hydrogen-bond acceptors (Lipinski definition) is 3. The molecule has 0 aromatic rings. The highest BCUT2D eigenvalue weighted by molar-refractivity contribution is 4.96. The van der Waals surface area contributed by atoms with Crippen LogP contribution in [0, 0.1) is 0 Å². The van der Waals surface area contributed by atoms with Crippen molar-refractivity contribution in [2.45, 2.75) is 12.7 Å². The van der Waals surface area contributed by atoms with Crippen LogP contribution in [0.1, 0.15) is 6.92 Å². The predicted molar refractivity (Wildman–Crippen MR) is 32.6 cm³/mol. The van der Waals surface area contributed by atoms with Crippen LogP contribution in [-0.4, -0.2) is 17.7 Å². The van der Waals surface area contributed by atoms with Gasteiger partial charge in [-0.15, -0.1) is 0 Å². The lowest BCUT2D eigenvalue weighted by Gasteiger charge is -2.28. The van der Waals surface area contributed by atoms with Gasteiger partial charge >= 0.3 is 0 Å². The Bertz CT molecular complexity index is 117. The van der Waals surface area contributed by atoms with Gasteiger partial charge in [0, 0.05) is 19.4 Å². The third-order valence-corrected chi connectivity index (χ3v) is 1.41. The molecule has 0 aromatic carbocycles. The molecule has 3 heteroatoms. The SMILES string of the molecule is CN1C=CNC1(C)N. The lowest BCUT2D eigenvalue weighted by atomic mass is 10.4. The maximum atomic E-state index is 5.67. The molecule has 0 bridgehead atoms. The molecule has 0 spiro atoms. The zero-order chi connectivity index (χ0) is 6.20. The van der Waals surface area contributed by atoms with Crippen LogP contribution in [0.2, 0.25) is 0 Å². The normalized spacial score (nSPS) is 35.6. The second-order valence-corrected chi connectivity index (χ2v) is 2.22. The lowest BCUT2D eigenvalue weighted by Crippen LogP contribution is -2.54. The average Bonchev–Trinajstić information content (AvgIpc) is 1.86. The van der Waals surface area contributed by atoms with Crippen LogP contribution in [0.15, 0.2) is 12.4 Å². The van der Waals surface area contributed by atoms with Crippen molar-refractivity contribution < 1.29 is 0 Å². The van der Waals surface area contributed by atoms with E-state index in [9.17, 15) is 0 Å². The summed E-state index contributed by atoms with van der Waals surface area (Å²) in [6.45, 7) is 1.91. The Hall–Kier alpha value is -0.700. The summed E-state index contributed by atoms with van der Waals surface area (Å²) in [7, 11) is 1.93. The van der Waals surface area contributed by atoms with Crippen molar-refractivity contribution in [1.29, 1.82) is 0 Å². The van der Waals surface area contributed by atoms with Gasteiger partial charge in [0.2, 0.25) is 0 Å². The van der Waals surface area contributed by atoms with Crippen molar-refractivity contribution in [1.82, 2.24) is 10.2 Å². The Kier molecular flexibility index (Phi) is 0.942. The van der Waals surface area contributed by atoms with E-state index in [-0.39, 0.29) is 5.79 Å². The van der Waals surface area contributed by atoms with Crippen LogP contribution in [0.3, 0.4) is 0 Å². The van der Waals surface area contributed by atoms with Gasteiger partial charge in [0.15, 0.2) is 5.79 Å². The molecule has 0 aliphatic carbocycles. The number of rotatable bonds is 0. The van der Waals surface area contributed by atoms with Crippen molar-refractivity contribution in [3.05, 3.63) is 12.4 Å². The van der Waals surface area contributed by atoms with E-state index in [1.54, 1.807) is 0 Å². The van der Waals surface area contributed by atoms with E-state index in [1.807, 2.05) is 31.3 Å². The third-order valence-electron chi connectivity index (χ3n) is 1.41. The first kappa shape index (κ1) is 5.44. The van der Waals surface area contributed by atoms with Gasteiger partial charge in [0.1, 0.15) is 0 Å². The monoisotopic (exact) mass is 113 g/mol. The third kappa shape index (κ3) is 0.648. The Morgan fingerprint density at radius 3 is 2.50 bits per heavy atom. The van der Waals surface area contributed by atoms with Gasteiger partial charge in [-0.1, -0.05) is 0 Å². The van der Waals surface area contributed by atoms with Gasteiger partial charge in [0.25, 0.3) is 0 Å². The van der Waals surface area contributed by atoms with Crippen LogP contribution in [-0.2, 0) is 0 Å². The fourth-order valence-electron chi connectivity index (χ4n) is 0.574. The van der Waals surface area contributed by atoms with E-state index < -0.39 is 0 Å². The molecule has 0 amide bonds. The van der Waals surface area contributed by atoms with E-state index in [0.717, 1.165) is 0 Å². The Morgan fingerprint density at radius 1 is 1.75 bits per heavy atom. The first-order valence-electron chi connectivity index (χ1n) is 2.59. The molecule has 3 N–H and O–H groups in total. The minimum Gasteiger partial charge on any atom is -0.356 e. The molecule has 3 nitrogen and oxygen atoms in total. The quantitative estimate of drug-likeness (QED) is 0.450. The zero-order valence-corrected chi connectivity index (χ0v) is 5.18. The molecule has 8 heavy (non-hydrogen) atoms. The average molecular weight is 113 g/mol. The van der Waals surface area contributed by atoms with Crippen molar-refractivity contribution in [3.8, 4) is 0 Å². The minimum absolute atomic E-state index is 0.375. The summed E-state index contributed by atoms with van der Waals surface area (Å²) in [5.74, 6) is -0.375. The molecule has 0 radical (unpaired) electrons. The van der Waals surface area contributed by atoms with Gasteiger partial charge in [0.05, 0.1) is 0 Å². The molecular weight excluding hydrogens is 102 g/mol. The number of nitrogens with two attached hydrogens (primary N) is 1. The molecule has 1 heterocycles. The van der Waals surface area contributed by atoms with Gasteiger partial charge < -0.3 is 10.2 Å². The Morgan fingerprint density at radius 2 is 2.38 bits per heavy atom. The first-order valence-corrected chi connectivity index (χ1v) is 2.59. The van der Waals surface area contributed by atoms with Crippen molar-refractivity contribution in [3.63, 3.8) is 0 Å². The van der Waals surface area contributed by atoms with Crippen LogP contribution >= 0.6 is 0 Å². The first-order chi connectivity index (χ1) is 3.63. The summed E-state index contributed by atoms with van der Waals surface area (Å²) >= 11 is 0. The molecule has 46 valence electrons. The van der Waals surface area contributed by atoms with Crippen LogP contribution in [0.4, 0.5) is 0 Å². The molecular formula is C5H11N3. The molecule has 1 rings (SSSR count). The van der Waals surface area contributed by atoms with E-state index in [0.29, 0.717) is 0 Å². The molecule has 0 saturated carbocycles. The predicted octanol–water partition coefficient (Wildman–Crippen LogP) is -0.375. The van der Waals surface area contributed by atoms with E-state index in [4.69, 9.17) is 5.73 Å². The van der Waals surface area contributed by atoms with Gasteiger partial charge in [-0.2, -0.15) is 0 Å². The summed E-state index contributed by atoms with van der Waals surface area (Å²) in [5, 5.41) is 2.97. The van der Waals surface area contributed by atoms with Crippen molar-refractivity contribution in [2.24, 2.45) is 5.73 Å². The smallest absolute Gasteiger partial charge is 0.160 e. The molecule has 0 saturated heterocycles. The molecule has 1 aliphatic rings. The van der Waals surface area contributed by atoms with Gasteiger partial charge in [-0.05, 0) is 6.92 Å². The molecule has 0 aromatic heterocycles. The minimum atomic E-state index is -0.375. The summed E-state index contributed by atoms with van der Waals surface area (Å²) in [4.78, 5) is 1.91. The Labute approximate surface area is 49.2 Å². The maximum Gasteiger partial charge on any atom is 0.160 e. The zero-order valence-electron chi connectivity index (χ0n) is 5.18. The van der Waals surface area contributed by atoms with Crippen LogP contribution < -0.4 is 11.1 Å². The topological polar surface area (TPSA) is 41.3 Å². The van der Waals surface area contributed by atoms with E-state index in [1.165, 1.54) is 0 Å². The van der Waals surface area contributed by atoms with Gasteiger partial charge in [-0.25, -0.2) is 0 Å². The second kappa shape index (κ2) is 1.39. The fraction of sp³-hybridized carbons (Fsp3) is 0.600. The van der Waals surface area contributed by atoms with Crippen LogP contribution in [0.5, 0.6) is 0 Å². The number of hydrogen-bond donors (Lipinski definition) is 2.